The predicted molar refractivity (Wildman–Crippen MR) is 58.9 cm³/mol. The third-order valence-corrected chi connectivity index (χ3v) is 2.44. The van der Waals surface area contributed by atoms with Gasteiger partial charge in [-0.05, 0) is 25.5 Å². The molecule has 0 fully saturated rings. The van der Waals surface area contributed by atoms with Crippen molar-refractivity contribution < 1.29 is 13.9 Å². The van der Waals surface area contributed by atoms with Crippen molar-refractivity contribution in [1.29, 1.82) is 0 Å². The fraction of sp³-hybridized carbons (Fsp3) is 0.333. The minimum absolute atomic E-state index is 0.307. The Kier molecular flexibility index (Phi) is 2.64. The summed E-state index contributed by atoms with van der Waals surface area (Å²) in [4.78, 5) is 15.0. The first-order valence-corrected chi connectivity index (χ1v) is 5.09. The lowest BCUT2D eigenvalue weighted by Crippen LogP contribution is -2.06. The molecule has 2 heterocycles. The lowest BCUT2D eigenvalue weighted by atomic mass is 10.1. The summed E-state index contributed by atoms with van der Waals surface area (Å²) in [5.41, 5.74) is 2.53. The van der Waals surface area contributed by atoms with Gasteiger partial charge in [0.1, 0.15) is 6.10 Å². The molecule has 1 atom stereocenters. The number of hydrogen-bond donors (Lipinski definition) is 0. The van der Waals surface area contributed by atoms with E-state index in [1.165, 1.54) is 6.92 Å². The Morgan fingerprint density at radius 2 is 2.31 bits per heavy atom. The molecule has 0 spiro atoms. The van der Waals surface area contributed by atoms with Crippen LogP contribution in [0.2, 0.25) is 0 Å². The van der Waals surface area contributed by atoms with E-state index in [1.54, 1.807) is 19.4 Å². The minimum Gasteiger partial charge on any atom is -0.462 e. The molecule has 2 aromatic heterocycles. The number of aryl methyl sites for hydroxylation is 1. The number of aromatic nitrogens is 1. The highest BCUT2D eigenvalue weighted by molar-refractivity contribution is 5.80. The molecule has 0 N–H and O–H groups in total. The Hall–Kier alpha value is -1.84. The maximum absolute atomic E-state index is 10.8. The molecule has 0 aliphatic rings. The molecule has 16 heavy (non-hydrogen) atoms. The fourth-order valence-corrected chi connectivity index (χ4v) is 1.61. The first-order valence-electron chi connectivity index (χ1n) is 5.09. The summed E-state index contributed by atoms with van der Waals surface area (Å²) in [5.74, 6) is -0.307. The lowest BCUT2D eigenvalue weighted by Gasteiger charge is -2.10. The highest BCUT2D eigenvalue weighted by Gasteiger charge is 2.12. The van der Waals surface area contributed by atoms with Gasteiger partial charge in [0.15, 0.2) is 5.58 Å². The number of carbonyl (C=O) groups is 1. The van der Waals surface area contributed by atoms with Gasteiger partial charge in [0.05, 0.1) is 18.2 Å². The highest BCUT2D eigenvalue weighted by atomic mass is 16.5. The van der Waals surface area contributed by atoms with E-state index in [9.17, 15) is 4.79 Å². The number of fused-ring (bicyclic) bond motifs is 1. The molecule has 0 aliphatic carbocycles. The van der Waals surface area contributed by atoms with E-state index in [4.69, 9.17) is 9.15 Å². The van der Waals surface area contributed by atoms with Crippen molar-refractivity contribution in [3.05, 3.63) is 29.8 Å². The van der Waals surface area contributed by atoms with Crippen molar-refractivity contribution in [2.45, 2.75) is 26.9 Å². The zero-order valence-corrected chi connectivity index (χ0v) is 9.48. The van der Waals surface area contributed by atoms with E-state index >= 15 is 0 Å². The van der Waals surface area contributed by atoms with Crippen molar-refractivity contribution in [2.75, 3.05) is 0 Å². The topological polar surface area (TPSA) is 52.3 Å². The van der Waals surface area contributed by atoms with Crippen LogP contribution in [0, 0.1) is 6.92 Å². The molecular formula is C12H13NO3. The van der Waals surface area contributed by atoms with E-state index in [0.29, 0.717) is 0 Å². The molecule has 4 heteroatoms. The number of furan rings is 1. The van der Waals surface area contributed by atoms with Gasteiger partial charge in [0.25, 0.3) is 0 Å². The summed E-state index contributed by atoms with van der Waals surface area (Å²) in [6.45, 7) is 5.15. The summed E-state index contributed by atoms with van der Waals surface area (Å²) < 4.78 is 10.4. The van der Waals surface area contributed by atoms with Crippen LogP contribution >= 0.6 is 0 Å². The predicted octanol–water partition coefficient (Wildman–Crippen LogP) is 2.76. The number of pyridine rings is 1. The summed E-state index contributed by atoms with van der Waals surface area (Å²) in [7, 11) is 0. The third kappa shape index (κ3) is 1.91. The number of esters is 1. The SMILES string of the molecule is CC(=O)O[C@@H](C)c1cc2c(C)coc2cn1. The fourth-order valence-electron chi connectivity index (χ4n) is 1.61. The Morgan fingerprint density at radius 3 is 3.00 bits per heavy atom. The maximum Gasteiger partial charge on any atom is 0.303 e. The van der Waals surface area contributed by atoms with Crippen LogP contribution in [0.1, 0.15) is 31.2 Å². The summed E-state index contributed by atoms with van der Waals surface area (Å²) >= 11 is 0. The summed E-state index contributed by atoms with van der Waals surface area (Å²) in [6, 6.07) is 1.89. The molecule has 2 rings (SSSR count). The molecule has 84 valence electrons. The normalized spacial score (nSPS) is 12.7. The van der Waals surface area contributed by atoms with Crippen molar-refractivity contribution in [3.63, 3.8) is 0 Å². The van der Waals surface area contributed by atoms with Gasteiger partial charge >= 0.3 is 5.97 Å². The van der Waals surface area contributed by atoms with Gasteiger partial charge in [-0.1, -0.05) is 0 Å². The third-order valence-electron chi connectivity index (χ3n) is 2.44. The smallest absolute Gasteiger partial charge is 0.303 e. The first-order chi connectivity index (χ1) is 7.58. The van der Waals surface area contributed by atoms with Crippen LogP contribution < -0.4 is 0 Å². The summed E-state index contributed by atoms with van der Waals surface area (Å²) in [6.07, 6.45) is 3.00. The average molecular weight is 219 g/mol. The van der Waals surface area contributed by atoms with Gasteiger partial charge in [-0.2, -0.15) is 0 Å². The Bertz CT molecular complexity index is 530. The monoisotopic (exact) mass is 219 g/mol. The Balaban J connectivity index is 2.38. The van der Waals surface area contributed by atoms with E-state index in [-0.39, 0.29) is 12.1 Å². The van der Waals surface area contributed by atoms with E-state index in [0.717, 1.165) is 22.2 Å². The maximum atomic E-state index is 10.8. The molecule has 0 saturated heterocycles. The van der Waals surface area contributed by atoms with Crippen LogP contribution in [0.3, 0.4) is 0 Å². The molecule has 0 radical (unpaired) electrons. The molecule has 0 amide bonds. The number of rotatable bonds is 2. The molecule has 0 saturated carbocycles. The minimum atomic E-state index is -0.337. The lowest BCUT2D eigenvalue weighted by molar-refractivity contribution is -0.145. The second kappa shape index (κ2) is 3.96. The van der Waals surface area contributed by atoms with Crippen molar-refractivity contribution in [1.82, 2.24) is 4.98 Å². The quantitative estimate of drug-likeness (QED) is 0.729. The van der Waals surface area contributed by atoms with Gasteiger partial charge in [0, 0.05) is 12.3 Å². The second-order valence-corrected chi connectivity index (χ2v) is 3.78. The molecule has 0 bridgehead atoms. The van der Waals surface area contributed by atoms with Crippen LogP contribution in [0.4, 0.5) is 0 Å². The molecule has 0 aliphatic heterocycles. The van der Waals surface area contributed by atoms with Crippen molar-refractivity contribution in [3.8, 4) is 0 Å². The Labute approximate surface area is 93.2 Å². The van der Waals surface area contributed by atoms with Crippen LogP contribution in [0.15, 0.2) is 22.9 Å². The van der Waals surface area contributed by atoms with Crippen LogP contribution in [-0.2, 0) is 9.53 Å². The largest absolute Gasteiger partial charge is 0.462 e. The summed E-state index contributed by atoms with van der Waals surface area (Å²) in [5, 5.41) is 1.00. The number of hydrogen-bond acceptors (Lipinski definition) is 4. The van der Waals surface area contributed by atoms with Gasteiger partial charge in [-0.25, -0.2) is 0 Å². The van der Waals surface area contributed by atoms with Gasteiger partial charge in [0.2, 0.25) is 0 Å². The zero-order valence-electron chi connectivity index (χ0n) is 9.48. The number of carbonyl (C=O) groups excluding carboxylic acids is 1. The van der Waals surface area contributed by atoms with Crippen molar-refractivity contribution >= 4 is 16.9 Å². The van der Waals surface area contributed by atoms with Crippen molar-refractivity contribution in [2.24, 2.45) is 0 Å². The van der Waals surface area contributed by atoms with E-state index in [1.807, 2.05) is 13.0 Å². The molecule has 0 aromatic carbocycles. The highest BCUT2D eigenvalue weighted by Crippen LogP contribution is 2.23. The van der Waals surface area contributed by atoms with E-state index in [2.05, 4.69) is 4.98 Å². The zero-order chi connectivity index (χ0) is 11.7. The Morgan fingerprint density at radius 1 is 1.56 bits per heavy atom. The standard InChI is InChI=1S/C12H13NO3/c1-7-6-15-12-5-13-11(4-10(7)12)8(2)16-9(3)14/h4-6,8H,1-3H3/t8-/m0/s1. The molecule has 2 aromatic rings. The molecular weight excluding hydrogens is 206 g/mol. The molecule has 0 unspecified atom stereocenters. The van der Waals surface area contributed by atoms with Crippen LogP contribution in [0.25, 0.3) is 11.0 Å². The van der Waals surface area contributed by atoms with Gasteiger partial charge < -0.3 is 9.15 Å². The second-order valence-electron chi connectivity index (χ2n) is 3.78. The first kappa shape index (κ1) is 10.7. The van der Waals surface area contributed by atoms with Gasteiger partial charge in [-0.15, -0.1) is 0 Å². The number of nitrogens with zero attached hydrogens (tertiary/aromatic N) is 1. The average Bonchev–Trinajstić information content (AvgIpc) is 2.59. The van der Waals surface area contributed by atoms with Crippen LogP contribution in [0.5, 0.6) is 0 Å². The van der Waals surface area contributed by atoms with Gasteiger partial charge in [-0.3, -0.25) is 9.78 Å². The molecule has 4 nitrogen and oxygen atoms in total. The van der Waals surface area contributed by atoms with E-state index < -0.39 is 0 Å². The van der Waals surface area contributed by atoms with Crippen LogP contribution in [-0.4, -0.2) is 11.0 Å². The number of ether oxygens (including phenoxy) is 1.